The van der Waals surface area contributed by atoms with Gasteiger partial charge in [0, 0.05) is 6.20 Å². The number of para-hydroxylation sites is 2. The Kier molecular flexibility index (Phi) is 8.83. The van der Waals surface area contributed by atoms with E-state index >= 15 is 0 Å². The van der Waals surface area contributed by atoms with Crippen molar-refractivity contribution in [2.75, 3.05) is 0 Å². The minimum absolute atomic E-state index is 0.0292. The molecular weight excluding hydrogens is 906 g/mol. The fourth-order valence-corrected chi connectivity index (χ4v) is 10.2. The topological polar surface area (TPSA) is 49.8 Å². The molecule has 0 N–H and O–H groups in total. The molecule has 0 amide bonds. The van der Waals surface area contributed by atoms with Crippen molar-refractivity contribution in [2.24, 2.45) is 5.41 Å². The number of pyridine rings is 2. The Hall–Kier alpha value is -5.06. The quantitative estimate of drug-likeness (QED) is 0.162. The first kappa shape index (κ1) is 39.4. The first-order chi connectivity index (χ1) is 27.7. The van der Waals surface area contributed by atoms with Crippen molar-refractivity contribution in [3.63, 3.8) is 0 Å². The van der Waals surface area contributed by atoms with E-state index in [1.807, 2.05) is 18.5 Å². The van der Waals surface area contributed by atoms with Crippen LogP contribution >= 0.6 is 0 Å². The van der Waals surface area contributed by atoms with E-state index in [-0.39, 0.29) is 27.1 Å². The number of rotatable bonds is 5. The molecule has 304 valence electrons. The first-order valence-corrected chi connectivity index (χ1v) is 21.7. The van der Waals surface area contributed by atoms with Gasteiger partial charge in [-0.3, -0.25) is 0 Å². The maximum absolute atomic E-state index is 6.65. The summed E-state index contributed by atoms with van der Waals surface area (Å²) in [5.41, 5.74) is 11.4. The van der Waals surface area contributed by atoms with E-state index in [0.717, 1.165) is 48.5 Å². The molecule has 0 fully saturated rings. The summed E-state index contributed by atoms with van der Waals surface area (Å²) >= 11 is 2.41. The molecule has 0 saturated heterocycles. The Morgan fingerprint density at radius 1 is 0.610 bits per heavy atom. The van der Waals surface area contributed by atoms with Gasteiger partial charge < -0.3 is 0 Å². The van der Waals surface area contributed by atoms with Gasteiger partial charge in [0.2, 0.25) is 0 Å². The van der Waals surface area contributed by atoms with E-state index in [1.54, 1.807) is 6.20 Å². The number of ether oxygens (including phenoxy) is 1. The molecule has 59 heavy (non-hydrogen) atoms. The van der Waals surface area contributed by atoms with Gasteiger partial charge in [-0.25, -0.2) is 0 Å². The van der Waals surface area contributed by atoms with Gasteiger partial charge in [0.25, 0.3) is 0 Å². The number of imidazole rings is 1. The molecule has 1 aliphatic carbocycles. The molecule has 0 atom stereocenters. The Labute approximate surface area is 359 Å². The van der Waals surface area contributed by atoms with Crippen molar-refractivity contribution in [2.45, 2.75) is 105 Å². The number of hydrogen-bond acceptors (Lipinski definition) is 3. The molecule has 0 bridgehead atoms. The summed E-state index contributed by atoms with van der Waals surface area (Å²) < 4.78 is 14.4. The van der Waals surface area contributed by atoms with Crippen LogP contribution in [0, 0.1) is 21.4 Å². The minimum atomic E-state index is -0.0487. The van der Waals surface area contributed by atoms with Crippen molar-refractivity contribution in [3.05, 3.63) is 142 Å². The molecule has 6 nitrogen and oxygen atoms in total. The monoisotopic (exact) mass is 958 g/mol. The van der Waals surface area contributed by atoms with Crippen LogP contribution in [0.1, 0.15) is 105 Å². The Morgan fingerprint density at radius 3 is 1.92 bits per heavy atom. The van der Waals surface area contributed by atoms with Gasteiger partial charge in [-0.1, -0.05) is 62.3 Å². The van der Waals surface area contributed by atoms with Crippen molar-refractivity contribution in [3.8, 4) is 28.7 Å². The fraction of sp³-hybridized carbons (Fsp3) is 0.327. The van der Waals surface area contributed by atoms with E-state index in [2.05, 4.69) is 212 Å². The van der Waals surface area contributed by atoms with Crippen molar-refractivity contribution < 1.29 is 24.1 Å². The molecule has 1 aliphatic rings. The summed E-state index contributed by atoms with van der Waals surface area (Å²) in [6.07, 6.45) is 5.50. The van der Waals surface area contributed by atoms with Crippen LogP contribution in [0.4, 0.5) is 0 Å². The normalized spacial score (nSPS) is 16.0. The van der Waals surface area contributed by atoms with E-state index in [0.29, 0.717) is 11.5 Å². The Bertz CT molecular complexity index is 3030. The zero-order valence-corrected chi connectivity index (χ0v) is 38.5. The standard InChI is InChI=1S/C52H53N5O.Pt/c1-48(2,3)33-17-19-35(20-18-33)55-32-56(44-16-14-13-15-43(44)55)36-26-38(31-53-30-36)58-37-21-22-39-40-28-41-42(51(9,10)52(11,12)50(41,7)8)29-46(40)57(45(39)27-37)47-25-34(23-24-54-47)49(4,5)6;/h13-25,28-31H,1-12H3;/q-2;. The third-order valence-electron chi connectivity index (χ3n) is 13.9. The summed E-state index contributed by atoms with van der Waals surface area (Å²) in [4.78, 5) is 9.67. The number of hydrogen-bond donors (Lipinski definition) is 0. The van der Waals surface area contributed by atoms with Crippen LogP contribution in [-0.2, 0) is 41.0 Å². The van der Waals surface area contributed by atoms with Crippen molar-refractivity contribution in [1.29, 1.82) is 0 Å². The number of fused-ring (bicyclic) bond motifs is 5. The van der Waals surface area contributed by atoms with Crippen LogP contribution in [0.5, 0.6) is 11.5 Å². The molecule has 4 aromatic carbocycles. The van der Waals surface area contributed by atoms with Crippen LogP contribution in [-0.4, -0.2) is 23.7 Å². The predicted molar refractivity (Wildman–Crippen MR) is 237 cm³/mol. The van der Waals surface area contributed by atoms with Gasteiger partial charge in [-0.05, 0) is 44.4 Å². The molecule has 0 saturated carbocycles. The number of benzene rings is 4. The third kappa shape index (κ3) is 6.03. The molecule has 0 aliphatic heterocycles. The van der Waals surface area contributed by atoms with Crippen LogP contribution in [0.3, 0.4) is 0 Å². The fourth-order valence-electron chi connectivity index (χ4n) is 9.11. The summed E-state index contributed by atoms with van der Waals surface area (Å²) in [7, 11) is 0. The van der Waals surface area contributed by atoms with Crippen LogP contribution in [0.25, 0.3) is 50.0 Å². The second-order valence-corrected chi connectivity index (χ2v) is 21.0. The summed E-state index contributed by atoms with van der Waals surface area (Å²) in [5, 5.41) is 2.30. The van der Waals surface area contributed by atoms with Crippen LogP contribution in [0.15, 0.2) is 104 Å². The van der Waals surface area contributed by atoms with Gasteiger partial charge in [0.1, 0.15) is 0 Å². The number of aromatic nitrogens is 5. The summed E-state index contributed by atoms with van der Waals surface area (Å²) in [6, 6.07) is 38.0. The second-order valence-electron chi connectivity index (χ2n) is 19.9. The number of nitrogens with zero attached hydrogens (tertiary/aromatic N) is 5. The molecule has 0 spiro atoms. The summed E-state index contributed by atoms with van der Waals surface area (Å²) in [5.74, 6) is 1.96. The van der Waals surface area contributed by atoms with Gasteiger partial charge >= 0.3 is 248 Å². The first-order valence-electron chi connectivity index (χ1n) is 20.6. The molecule has 4 heterocycles. The van der Waals surface area contributed by atoms with Gasteiger partial charge in [-0.2, -0.15) is 0 Å². The summed E-state index contributed by atoms with van der Waals surface area (Å²) in [6.45, 7) is 27.9. The molecule has 0 radical (unpaired) electrons. The van der Waals surface area contributed by atoms with Gasteiger partial charge in [0.15, 0.2) is 0 Å². The average Bonchev–Trinajstić information content (AvgIpc) is 3.70. The average molecular weight is 959 g/mol. The molecular formula is C52H53N5OPt-2. The predicted octanol–water partition coefficient (Wildman–Crippen LogP) is 13.0. The van der Waals surface area contributed by atoms with E-state index in [1.165, 1.54) is 27.6 Å². The molecule has 9 rings (SSSR count). The molecule has 4 aromatic heterocycles. The van der Waals surface area contributed by atoms with E-state index in [4.69, 9.17) is 9.72 Å². The van der Waals surface area contributed by atoms with Gasteiger partial charge in [0.05, 0.1) is 0 Å². The van der Waals surface area contributed by atoms with Crippen LogP contribution < -0.4 is 4.74 Å². The zero-order valence-electron chi connectivity index (χ0n) is 36.3. The van der Waals surface area contributed by atoms with Crippen LogP contribution in [0.2, 0.25) is 0 Å². The van der Waals surface area contributed by atoms with E-state index < -0.39 is 0 Å². The molecule has 8 aromatic rings. The Morgan fingerprint density at radius 2 is 1.25 bits per heavy atom. The maximum atomic E-state index is 6.65. The SMILES string of the molecule is CC(C)(C)c1ccc(-n2[c](=[Pt])n(-c3[c-]c(Oc4[c-]c5c(cc4)c4cc6c(cc4n5-c4cc(C(C)(C)C)ccn4)C(C)(C)C(C)(C)C6(C)C)cnc3)c3ccccc32)cc1. The molecule has 0 unspecified atom stereocenters. The van der Waals surface area contributed by atoms with E-state index in [9.17, 15) is 0 Å². The molecule has 7 heteroatoms. The van der Waals surface area contributed by atoms with Gasteiger partial charge in [-0.15, -0.1) is 0 Å². The van der Waals surface area contributed by atoms with Crippen molar-refractivity contribution >= 4 is 32.8 Å². The zero-order chi connectivity index (χ0) is 42.0. The third-order valence-corrected chi connectivity index (χ3v) is 14.9. The second kappa shape index (κ2) is 13.2. The Balaban J connectivity index is 1.17. The van der Waals surface area contributed by atoms with Crippen molar-refractivity contribution in [1.82, 2.24) is 23.7 Å².